The fourth-order valence-electron chi connectivity index (χ4n) is 2.72. The van der Waals surface area contributed by atoms with E-state index in [1.807, 2.05) is 48.5 Å². The standard InChI is InChI=1S/C19H21N3/c1-14-18(20)17(12-13-21-14)19(15-8-4-2-5-9-15)22-16-10-6-3-7-11-16/h2-11,14,21H,12-13,20H2,1H3. The first-order valence-electron chi connectivity index (χ1n) is 7.67. The minimum Gasteiger partial charge on any atom is -0.400 e. The van der Waals surface area contributed by atoms with Gasteiger partial charge in [-0.25, -0.2) is 4.99 Å². The SMILES string of the molecule is CC1NCCC(C(=Nc2ccccc2)c2ccccc2)=C1N. The number of aliphatic imine (C=N–C) groups is 1. The van der Waals surface area contributed by atoms with Gasteiger partial charge in [0, 0.05) is 17.3 Å². The van der Waals surface area contributed by atoms with Gasteiger partial charge in [-0.1, -0.05) is 48.5 Å². The van der Waals surface area contributed by atoms with Gasteiger partial charge in [-0.05, 0) is 37.6 Å². The molecule has 22 heavy (non-hydrogen) atoms. The molecule has 0 saturated carbocycles. The maximum atomic E-state index is 6.35. The van der Waals surface area contributed by atoms with Crippen molar-refractivity contribution < 1.29 is 0 Å². The van der Waals surface area contributed by atoms with Crippen molar-refractivity contribution >= 4 is 11.4 Å². The van der Waals surface area contributed by atoms with Gasteiger partial charge in [0.25, 0.3) is 0 Å². The van der Waals surface area contributed by atoms with Crippen LogP contribution in [0.25, 0.3) is 0 Å². The van der Waals surface area contributed by atoms with Gasteiger partial charge in [0.05, 0.1) is 11.4 Å². The lowest BCUT2D eigenvalue weighted by molar-refractivity contribution is 0.571. The van der Waals surface area contributed by atoms with E-state index in [0.717, 1.165) is 41.2 Å². The third-order valence-electron chi connectivity index (χ3n) is 3.97. The van der Waals surface area contributed by atoms with Gasteiger partial charge >= 0.3 is 0 Å². The van der Waals surface area contributed by atoms with Crippen LogP contribution in [0.3, 0.4) is 0 Å². The van der Waals surface area contributed by atoms with E-state index in [2.05, 4.69) is 24.4 Å². The van der Waals surface area contributed by atoms with Crippen LogP contribution in [0, 0.1) is 0 Å². The van der Waals surface area contributed by atoms with Gasteiger partial charge < -0.3 is 11.1 Å². The third-order valence-corrected chi connectivity index (χ3v) is 3.97. The second-order valence-corrected chi connectivity index (χ2v) is 5.52. The normalized spacial score (nSPS) is 19.3. The largest absolute Gasteiger partial charge is 0.400 e. The fraction of sp³-hybridized carbons (Fsp3) is 0.211. The molecular formula is C19H21N3. The number of nitrogens with one attached hydrogen (secondary N) is 1. The second-order valence-electron chi connectivity index (χ2n) is 5.52. The van der Waals surface area contributed by atoms with Crippen LogP contribution >= 0.6 is 0 Å². The lowest BCUT2D eigenvalue weighted by Gasteiger charge is -2.25. The van der Waals surface area contributed by atoms with Crippen molar-refractivity contribution in [3.8, 4) is 0 Å². The summed E-state index contributed by atoms with van der Waals surface area (Å²) in [6.45, 7) is 3.03. The van der Waals surface area contributed by atoms with Crippen LogP contribution in [0.2, 0.25) is 0 Å². The fourth-order valence-corrected chi connectivity index (χ4v) is 2.72. The van der Waals surface area contributed by atoms with Crippen LogP contribution in [0.15, 0.2) is 76.9 Å². The first-order valence-corrected chi connectivity index (χ1v) is 7.67. The zero-order valence-corrected chi connectivity index (χ0v) is 12.8. The summed E-state index contributed by atoms with van der Waals surface area (Å²) >= 11 is 0. The second kappa shape index (κ2) is 6.58. The highest BCUT2D eigenvalue weighted by Crippen LogP contribution is 2.23. The van der Waals surface area contributed by atoms with Crippen molar-refractivity contribution in [3.63, 3.8) is 0 Å². The molecule has 112 valence electrons. The maximum Gasteiger partial charge on any atom is 0.0759 e. The Balaban J connectivity index is 2.12. The average Bonchev–Trinajstić information content (AvgIpc) is 2.57. The molecule has 0 aliphatic carbocycles. The molecule has 3 heteroatoms. The van der Waals surface area contributed by atoms with Crippen molar-refractivity contribution in [2.75, 3.05) is 6.54 Å². The molecule has 0 bridgehead atoms. The number of benzene rings is 2. The van der Waals surface area contributed by atoms with Crippen molar-refractivity contribution in [1.82, 2.24) is 5.32 Å². The molecule has 0 radical (unpaired) electrons. The number of hydrogen-bond acceptors (Lipinski definition) is 3. The van der Waals surface area contributed by atoms with Crippen molar-refractivity contribution in [1.29, 1.82) is 0 Å². The predicted octanol–water partition coefficient (Wildman–Crippen LogP) is 3.40. The zero-order valence-electron chi connectivity index (χ0n) is 12.8. The molecule has 1 aliphatic heterocycles. The number of nitrogens with two attached hydrogens (primary N) is 1. The maximum absolute atomic E-state index is 6.35. The highest BCUT2D eigenvalue weighted by atomic mass is 14.9. The van der Waals surface area contributed by atoms with Gasteiger partial charge in [0.2, 0.25) is 0 Å². The average molecular weight is 291 g/mol. The van der Waals surface area contributed by atoms with E-state index < -0.39 is 0 Å². The van der Waals surface area contributed by atoms with Crippen LogP contribution in [-0.2, 0) is 0 Å². The Bertz CT molecular complexity index is 687. The molecule has 1 unspecified atom stereocenters. The smallest absolute Gasteiger partial charge is 0.0759 e. The number of para-hydroxylation sites is 1. The van der Waals surface area contributed by atoms with Crippen LogP contribution in [0.1, 0.15) is 18.9 Å². The molecule has 1 atom stereocenters. The molecule has 1 heterocycles. The Morgan fingerprint density at radius 1 is 1.05 bits per heavy atom. The molecule has 1 aliphatic rings. The molecule has 2 aromatic rings. The molecule has 2 aromatic carbocycles. The number of rotatable bonds is 3. The summed E-state index contributed by atoms with van der Waals surface area (Å²) in [6, 6.07) is 20.5. The minimum atomic E-state index is 0.188. The molecule has 0 saturated heterocycles. The van der Waals surface area contributed by atoms with Gasteiger partial charge in [0.15, 0.2) is 0 Å². The summed E-state index contributed by atoms with van der Waals surface area (Å²) in [7, 11) is 0. The Kier molecular flexibility index (Phi) is 4.35. The molecule has 3 nitrogen and oxygen atoms in total. The summed E-state index contributed by atoms with van der Waals surface area (Å²) < 4.78 is 0. The first-order chi connectivity index (χ1) is 10.8. The van der Waals surface area contributed by atoms with E-state index in [1.165, 1.54) is 0 Å². The Morgan fingerprint density at radius 2 is 1.68 bits per heavy atom. The van der Waals surface area contributed by atoms with E-state index in [9.17, 15) is 0 Å². The lowest BCUT2D eigenvalue weighted by atomic mass is 9.93. The number of nitrogens with zero attached hydrogens (tertiary/aromatic N) is 1. The summed E-state index contributed by atoms with van der Waals surface area (Å²) in [6.07, 6.45) is 0.900. The highest BCUT2D eigenvalue weighted by Gasteiger charge is 2.21. The van der Waals surface area contributed by atoms with Crippen LogP contribution < -0.4 is 11.1 Å². The predicted molar refractivity (Wildman–Crippen MR) is 92.4 cm³/mol. The van der Waals surface area contributed by atoms with E-state index in [1.54, 1.807) is 0 Å². The van der Waals surface area contributed by atoms with Crippen molar-refractivity contribution in [3.05, 3.63) is 77.5 Å². The molecule has 0 aromatic heterocycles. The molecule has 0 fully saturated rings. The molecule has 0 amide bonds. The first kappa shape index (κ1) is 14.5. The Morgan fingerprint density at radius 3 is 2.36 bits per heavy atom. The van der Waals surface area contributed by atoms with E-state index in [4.69, 9.17) is 10.7 Å². The summed E-state index contributed by atoms with van der Waals surface area (Å²) in [5.74, 6) is 0. The zero-order chi connectivity index (χ0) is 15.4. The minimum absolute atomic E-state index is 0.188. The van der Waals surface area contributed by atoms with Gasteiger partial charge in [-0.3, -0.25) is 0 Å². The van der Waals surface area contributed by atoms with Crippen molar-refractivity contribution in [2.24, 2.45) is 10.7 Å². The molecular weight excluding hydrogens is 270 g/mol. The Labute approximate surface area is 131 Å². The van der Waals surface area contributed by atoms with E-state index in [-0.39, 0.29) is 6.04 Å². The monoisotopic (exact) mass is 291 g/mol. The van der Waals surface area contributed by atoms with E-state index in [0.29, 0.717) is 0 Å². The van der Waals surface area contributed by atoms with Gasteiger partial charge in [-0.2, -0.15) is 0 Å². The van der Waals surface area contributed by atoms with Crippen LogP contribution in [0.4, 0.5) is 5.69 Å². The molecule has 0 spiro atoms. The summed E-state index contributed by atoms with van der Waals surface area (Å²) in [5.41, 5.74) is 11.4. The lowest BCUT2D eigenvalue weighted by Crippen LogP contribution is -2.39. The summed E-state index contributed by atoms with van der Waals surface area (Å²) in [5, 5.41) is 3.39. The molecule has 3 rings (SSSR count). The van der Waals surface area contributed by atoms with Gasteiger partial charge in [-0.15, -0.1) is 0 Å². The van der Waals surface area contributed by atoms with Crippen LogP contribution in [-0.4, -0.2) is 18.3 Å². The van der Waals surface area contributed by atoms with Gasteiger partial charge in [0.1, 0.15) is 0 Å². The number of hydrogen-bond donors (Lipinski definition) is 2. The molecule has 3 N–H and O–H groups in total. The Hall–Kier alpha value is -2.39. The summed E-state index contributed by atoms with van der Waals surface area (Å²) in [4.78, 5) is 4.89. The third kappa shape index (κ3) is 3.10. The van der Waals surface area contributed by atoms with Crippen molar-refractivity contribution in [2.45, 2.75) is 19.4 Å². The van der Waals surface area contributed by atoms with E-state index >= 15 is 0 Å². The highest BCUT2D eigenvalue weighted by molar-refractivity contribution is 6.14. The quantitative estimate of drug-likeness (QED) is 0.852. The topological polar surface area (TPSA) is 50.4 Å². The van der Waals surface area contributed by atoms with Crippen LogP contribution in [0.5, 0.6) is 0 Å².